The normalized spacial score (nSPS) is 20.5. The smallest absolute Gasteiger partial charge is 0.219 e. The van der Waals surface area contributed by atoms with Crippen molar-refractivity contribution in [1.82, 2.24) is 15.1 Å². The number of hydrogen-bond acceptors (Lipinski definition) is 5. The van der Waals surface area contributed by atoms with Crippen molar-refractivity contribution in [3.05, 3.63) is 29.8 Å². The number of benzene rings is 1. The Kier molecular flexibility index (Phi) is 11.4. The first-order valence-electron chi connectivity index (χ1n) is 12.2. The van der Waals surface area contributed by atoms with Gasteiger partial charge in [0.1, 0.15) is 12.0 Å². The standard InChI is InChI=1S/C15H26N2O2.C9H10O.C2H5NO/c1-13(19)17-11-15(12-17,8-10-18)7-3-5-14-6-4-9-16(14)2;1-2-6-9-8(4-1)5-3-7-10-9;1-3-2-4/h10,14H,3-9,11-12H2,1-2H3;1-2,4,6H,3,5,7H2;2H,1H3,(H,3,4)/t14-;;/m0../s1. The van der Waals surface area contributed by atoms with Gasteiger partial charge in [0.15, 0.2) is 0 Å². The number of nitrogens with one attached hydrogen (secondary N) is 1. The van der Waals surface area contributed by atoms with E-state index in [4.69, 9.17) is 9.53 Å². The zero-order valence-electron chi connectivity index (χ0n) is 20.6. The highest BCUT2D eigenvalue weighted by Gasteiger charge is 2.43. The number of ether oxygens (including phenoxy) is 1. The second-order valence-corrected chi connectivity index (χ2v) is 9.38. The second kappa shape index (κ2) is 14.0. The van der Waals surface area contributed by atoms with E-state index < -0.39 is 0 Å². The average molecular weight is 460 g/mol. The fourth-order valence-corrected chi connectivity index (χ4v) is 4.90. The van der Waals surface area contributed by atoms with Crippen molar-refractivity contribution >= 4 is 18.6 Å². The Morgan fingerprint density at radius 1 is 1.24 bits per heavy atom. The fraction of sp³-hybridized carbons (Fsp3) is 0.654. The maximum atomic E-state index is 11.3. The molecule has 7 heteroatoms. The van der Waals surface area contributed by atoms with Gasteiger partial charge < -0.3 is 24.6 Å². The van der Waals surface area contributed by atoms with Gasteiger partial charge in [0, 0.05) is 44.9 Å². The number of carbonyl (C=O) groups excluding carboxylic acids is 3. The maximum absolute atomic E-state index is 11.3. The average Bonchev–Trinajstić information content (AvgIpc) is 3.22. The number of rotatable bonds is 7. The molecule has 0 aliphatic carbocycles. The van der Waals surface area contributed by atoms with E-state index in [1.807, 2.05) is 17.0 Å². The summed E-state index contributed by atoms with van der Waals surface area (Å²) < 4.78 is 5.42. The number of fused-ring (bicyclic) bond motifs is 1. The molecule has 184 valence electrons. The summed E-state index contributed by atoms with van der Waals surface area (Å²) in [4.78, 5) is 35.5. The zero-order valence-corrected chi connectivity index (χ0v) is 20.6. The molecule has 2 fully saturated rings. The topological polar surface area (TPSA) is 79.0 Å². The monoisotopic (exact) mass is 459 g/mol. The lowest BCUT2D eigenvalue weighted by Crippen LogP contribution is -2.58. The minimum Gasteiger partial charge on any atom is -0.493 e. The number of amides is 2. The number of aryl methyl sites for hydroxylation is 1. The molecule has 1 aromatic carbocycles. The third-order valence-electron chi connectivity index (χ3n) is 6.87. The van der Waals surface area contributed by atoms with Gasteiger partial charge in [-0.2, -0.15) is 0 Å². The molecular formula is C26H41N3O4. The summed E-state index contributed by atoms with van der Waals surface area (Å²) in [6.45, 7) is 5.28. The third kappa shape index (κ3) is 8.46. The lowest BCUT2D eigenvalue weighted by Gasteiger charge is -2.49. The van der Waals surface area contributed by atoms with Crippen molar-refractivity contribution in [3.8, 4) is 5.75 Å². The van der Waals surface area contributed by atoms with Crippen LogP contribution in [-0.4, -0.2) is 74.8 Å². The van der Waals surface area contributed by atoms with E-state index in [-0.39, 0.29) is 11.3 Å². The SMILES string of the molecule is CC(=O)N1CC(CC=O)(CCC[C@H]2CCCN2C)C1.CNC=O.c1ccc2c(c1)CCCO2. The van der Waals surface area contributed by atoms with Gasteiger partial charge in [-0.25, -0.2) is 0 Å². The van der Waals surface area contributed by atoms with Crippen molar-refractivity contribution in [3.63, 3.8) is 0 Å². The van der Waals surface area contributed by atoms with Crippen LogP contribution in [0.3, 0.4) is 0 Å². The van der Waals surface area contributed by atoms with E-state index in [0.717, 1.165) is 50.6 Å². The largest absolute Gasteiger partial charge is 0.493 e. The summed E-state index contributed by atoms with van der Waals surface area (Å²) in [5.41, 5.74) is 1.44. The third-order valence-corrected chi connectivity index (χ3v) is 6.87. The van der Waals surface area contributed by atoms with Crippen molar-refractivity contribution in [1.29, 1.82) is 0 Å². The van der Waals surface area contributed by atoms with E-state index in [0.29, 0.717) is 12.8 Å². The lowest BCUT2D eigenvalue weighted by atomic mass is 9.73. The molecule has 0 unspecified atom stereocenters. The predicted molar refractivity (Wildman–Crippen MR) is 130 cm³/mol. The van der Waals surface area contributed by atoms with Gasteiger partial charge in [-0.1, -0.05) is 24.6 Å². The van der Waals surface area contributed by atoms with Crippen molar-refractivity contribution in [2.75, 3.05) is 40.3 Å². The van der Waals surface area contributed by atoms with E-state index in [1.165, 1.54) is 44.2 Å². The molecule has 2 amide bonds. The van der Waals surface area contributed by atoms with E-state index in [1.54, 1.807) is 14.0 Å². The van der Waals surface area contributed by atoms with Crippen LogP contribution >= 0.6 is 0 Å². The highest BCUT2D eigenvalue weighted by molar-refractivity contribution is 5.74. The highest BCUT2D eigenvalue weighted by atomic mass is 16.5. The summed E-state index contributed by atoms with van der Waals surface area (Å²) >= 11 is 0. The zero-order chi connectivity index (χ0) is 24.1. The minimum absolute atomic E-state index is 0.0879. The molecule has 0 aromatic heterocycles. The molecule has 7 nitrogen and oxygen atoms in total. The van der Waals surface area contributed by atoms with Crippen LogP contribution in [-0.2, 0) is 20.8 Å². The van der Waals surface area contributed by atoms with Crippen LogP contribution in [0.25, 0.3) is 0 Å². The van der Waals surface area contributed by atoms with E-state index in [2.05, 4.69) is 29.4 Å². The molecule has 3 aliphatic rings. The van der Waals surface area contributed by atoms with Gasteiger partial charge in [-0.3, -0.25) is 9.59 Å². The molecular weight excluding hydrogens is 418 g/mol. The molecule has 33 heavy (non-hydrogen) atoms. The predicted octanol–water partition coefficient (Wildman–Crippen LogP) is 3.06. The Hall–Kier alpha value is -2.41. The van der Waals surface area contributed by atoms with Gasteiger partial charge in [-0.05, 0) is 63.7 Å². The van der Waals surface area contributed by atoms with Crippen LogP contribution in [0, 0.1) is 5.41 Å². The van der Waals surface area contributed by atoms with Crippen LogP contribution in [0.4, 0.5) is 0 Å². The first-order valence-corrected chi connectivity index (χ1v) is 12.2. The summed E-state index contributed by atoms with van der Waals surface area (Å²) in [7, 11) is 3.77. The van der Waals surface area contributed by atoms with Crippen molar-refractivity contribution < 1.29 is 19.1 Å². The van der Waals surface area contributed by atoms with Gasteiger partial charge in [0.05, 0.1) is 6.61 Å². The summed E-state index contributed by atoms with van der Waals surface area (Å²) in [6, 6.07) is 8.98. The molecule has 2 saturated heterocycles. The summed E-state index contributed by atoms with van der Waals surface area (Å²) in [5, 5.41) is 2.25. The van der Waals surface area contributed by atoms with E-state index >= 15 is 0 Å². The number of likely N-dealkylation sites (tertiary alicyclic amines) is 2. The van der Waals surface area contributed by atoms with Crippen LogP contribution in [0.5, 0.6) is 5.75 Å². The molecule has 0 bridgehead atoms. The Morgan fingerprint density at radius 3 is 2.55 bits per heavy atom. The fourth-order valence-electron chi connectivity index (χ4n) is 4.90. The number of carbonyl (C=O) groups is 3. The van der Waals surface area contributed by atoms with Gasteiger partial charge >= 0.3 is 0 Å². The van der Waals surface area contributed by atoms with Gasteiger partial charge in [-0.15, -0.1) is 0 Å². The molecule has 0 saturated carbocycles. The number of para-hydroxylation sites is 1. The maximum Gasteiger partial charge on any atom is 0.219 e. The lowest BCUT2D eigenvalue weighted by molar-refractivity contribution is -0.143. The van der Waals surface area contributed by atoms with Crippen molar-refractivity contribution in [2.24, 2.45) is 5.41 Å². The first-order chi connectivity index (χ1) is 15.9. The number of aldehydes is 1. The van der Waals surface area contributed by atoms with Gasteiger partial charge in [0.2, 0.25) is 12.3 Å². The number of nitrogens with zero attached hydrogens (tertiary/aromatic N) is 2. The molecule has 1 N–H and O–H groups in total. The second-order valence-electron chi connectivity index (χ2n) is 9.38. The van der Waals surface area contributed by atoms with E-state index in [9.17, 15) is 9.59 Å². The molecule has 1 aromatic rings. The molecule has 0 spiro atoms. The number of hydrogen-bond donors (Lipinski definition) is 1. The van der Waals surface area contributed by atoms with Crippen LogP contribution in [0.15, 0.2) is 24.3 Å². The quantitative estimate of drug-likeness (QED) is 0.634. The minimum atomic E-state index is 0.0879. The Bertz CT molecular complexity index is 724. The summed E-state index contributed by atoms with van der Waals surface area (Å²) in [6.07, 6.45) is 10.7. The Morgan fingerprint density at radius 2 is 1.97 bits per heavy atom. The van der Waals surface area contributed by atoms with Crippen LogP contribution < -0.4 is 10.1 Å². The molecule has 3 aliphatic heterocycles. The highest BCUT2D eigenvalue weighted by Crippen LogP contribution is 2.39. The van der Waals surface area contributed by atoms with Crippen molar-refractivity contribution in [2.45, 2.75) is 64.3 Å². The van der Waals surface area contributed by atoms with Crippen LogP contribution in [0.1, 0.15) is 57.4 Å². The molecule has 3 heterocycles. The summed E-state index contributed by atoms with van der Waals surface area (Å²) in [5.74, 6) is 1.21. The first kappa shape index (κ1) is 26.8. The molecule has 4 rings (SSSR count). The molecule has 0 radical (unpaired) electrons. The molecule has 1 atom stereocenters. The van der Waals surface area contributed by atoms with Gasteiger partial charge in [0.25, 0.3) is 0 Å². The Balaban J connectivity index is 0.000000228. The van der Waals surface area contributed by atoms with Crippen LogP contribution in [0.2, 0.25) is 0 Å². The Labute approximate surface area is 198 Å².